The molecule has 1 saturated carbocycles. The average Bonchev–Trinajstić information content (AvgIpc) is 3.69. The minimum atomic E-state index is -0.813. The van der Waals surface area contributed by atoms with Gasteiger partial charge < -0.3 is 25.2 Å². The summed E-state index contributed by atoms with van der Waals surface area (Å²) in [4.78, 5) is 67.6. The van der Waals surface area contributed by atoms with Crippen molar-refractivity contribution in [3.63, 3.8) is 0 Å². The van der Waals surface area contributed by atoms with Crippen LogP contribution in [0, 0.1) is 19.8 Å². The van der Waals surface area contributed by atoms with Gasteiger partial charge in [0.25, 0.3) is 17.4 Å². The Labute approximate surface area is 365 Å². The second-order valence-corrected chi connectivity index (χ2v) is 17.1. The van der Waals surface area contributed by atoms with Crippen LogP contribution in [0.4, 0.5) is 23.1 Å². The molecule has 9 rings (SSSR count). The molecule has 3 fully saturated rings. The van der Waals surface area contributed by atoms with E-state index < -0.39 is 11.9 Å². The maximum atomic E-state index is 13.8. The predicted octanol–water partition coefficient (Wildman–Crippen LogP) is 4.84. The minimum Gasteiger partial charge on any atom is -0.495 e. The molecule has 63 heavy (non-hydrogen) atoms. The number of fused-ring (bicyclic) bond motifs is 4. The summed E-state index contributed by atoms with van der Waals surface area (Å²) < 4.78 is 9.10. The lowest BCUT2D eigenvalue weighted by Gasteiger charge is -2.39. The molecule has 330 valence electrons. The number of anilines is 4. The fraction of sp³-hybridized carbons (Fsp3) is 0.489. The van der Waals surface area contributed by atoms with Gasteiger partial charge >= 0.3 is 0 Å². The number of nitrogens with one attached hydrogen (secondary N) is 3. The van der Waals surface area contributed by atoms with E-state index in [0.717, 1.165) is 61.4 Å². The van der Waals surface area contributed by atoms with Gasteiger partial charge in [-0.15, -0.1) is 10.2 Å². The van der Waals surface area contributed by atoms with Crippen LogP contribution in [0.2, 0.25) is 0 Å². The van der Waals surface area contributed by atoms with Gasteiger partial charge in [0.05, 0.1) is 36.1 Å². The summed E-state index contributed by atoms with van der Waals surface area (Å²) in [5, 5.41) is 23.8. The maximum Gasteiger partial charge on any atom is 0.275 e. The van der Waals surface area contributed by atoms with Crippen LogP contribution in [0.15, 0.2) is 47.4 Å². The Hall–Kier alpha value is -6.43. The maximum absolute atomic E-state index is 13.8. The number of amides is 3. The van der Waals surface area contributed by atoms with E-state index in [2.05, 4.69) is 52.5 Å². The predicted molar refractivity (Wildman–Crippen MR) is 238 cm³/mol. The monoisotopic (exact) mass is 857 g/mol. The second kappa shape index (κ2) is 17.7. The highest BCUT2D eigenvalue weighted by atomic mass is 16.5. The fourth-order valence-electron chi connectivity index (χ4n) is 9.65. The standard InChI is InChI=1S/C45H55N13O5/c1-5-35-41-52-51-28(3)57(41)37-25-47-45(50-40(37)56(35)26-29-9-7-6-8-10-29)48-34-14-11-30(23-38(34)63-4)43(61)55-21-19-54(20-22-55)18-17-46-31-12-13-32-33(24-31)27(2)53-58(44(32)62)36-15-16-39(59)49-42(36)60/h11-14,23-25,29,35-36,46H,5-10,15-22,26H2,1-4H3,(H,47,48,50)(H,49,59,60)/t35-,36?/m1/s1. The lowest BCUT2D eigenvalue weighted by atomic mass is 9.88. The first-order chi connectivity index (χ1) is 30.6. The van der Waals surface area contributed by atoms with E-state index in [1.54, 1.807) is 19.2 Å². The highest BCUT2D eigenvalue weighted by molar-refractivity contribution is 5.99. The summed E-state index contributed by atoms with van der Waals surface area (Å²) in [7, 11) is 1.60. The first-order valence-corrected chi connectivity index (χ1v) is 22.2. The molecule has 1 unspecified atom stereocenters. The van der Waals surface area contributed by atoms with E-state index in [1.165, 1.54) is 36.8 Å². The first kappa shape index (κ1) is 41.9. The van der Waals surface area contributed by atoms with Crippen molar-refractivity contribution in [1.29, 1.82) is 0 Å². The highest BCUT2D eigenvalue weighted by Crippen LogP contribution is 2.41. The van der Waals surface area contributed by atoms with Gasteiger partial charge in [-0.3, -0.25) is 34.0 Å². The number of piperidine rings is 1. The topological polar surface area (TPSA) is 198 Å². The molecular formula is C45H55N13O5. The van der Waals surface area contributed by atoms with Crippen molar-refractivity contribution in [3.05, 3.63) is 75.9 Å². The molecule has 4 aliphatic rings. The van der Waals surface area contributed by atoms with Gasteiger partial charge in [-0.25, -0.2) is 9.67 Å². The van der Waals surface area contributed by atoms with E-state index >= 15 is 0 Å². The minimum absolute atomic E-state index is 0.0523. The molecule has 3 amide bonds. The molecule has 1 aliphatic carbocycles. The molecule has 3 aromatic heterocycles. The quantitative estimate of drug-likeness (QED) is 0.144. The number of ether oxygens (including phenoxy) is 1. The summed E-state index contributed by atoms with van der Waals surface area (Å²) in [6.07, 6.45) is 9.40. The third-order valence-electron chi connectivity index (χ3n) is 13.1. The first-order valence-electron chi connectivity index (χ1n) is 22.2. The van der Waals surface area contributed by atoms with Crippen LogP contribution < -0.4 is 31.1 Å². The van der Waals surface area contributed by atoms with Crippen LogP contribution >= 0.6 is 0 Å². The molecule has 5 aromatic rings. The normalized spacial score (nSPS) is 19.4. The van der Waals surface area contributed by atoms with Gasteiger partial charge in [-0.1, -0.05) is 26.2 Å². The number of piperazine rings is 1. The van der Waals surface area contributed by atoms with Crippen molar-refractivity contribution in [2.75, 3.05) is 68.5 Å². The Bertz CT molecular complexity index is 2610. The molecule has 0 bridgehead atoms. The van der Waals surface area contributed by atoms with E-state index in [4.69, 9.17) is 14.7 Å². The summed E-state index contributed by atoms with van der Waals surface area (Å²) in [5.74, 6) is 3.27. The molecule has 3 aliphatic heterocycles. The largest absolute Gasteiger partial charge is 0.495 e. The molecule has 6 heterocycles. The van der Waals surface area contributed by atoms with Gasteiger partial charge in [0.1, 0.15) is 23.3 Å². The van der Waals surface area contributed by atoms with Crippen molar-refractivity contribution in [1.82, 2.24) is 49.6 Å². The number of benzene rings is 2. The molecule has 0 spiro atoms. The number of carbonyl (C=O) groups is 3. The van der Waals surface area contributed by atoms with Gasteiger partial charge in [0, 0.05) is 68.9 Å². The zero-order valence-corrected chi connectivity index (χ0v) is 36.4. The zero-order valence-electron chi connectivity index (χ0n) is 36.4. The van der Waals surface area contributed by atoms with Gasteiger partial charge in [-0.05, 0) is 81.8 Å². The summed E-state index contributed by atoms with van der Waals surface area (Å²) in [5.41, 5.74) is 3.20. The molecular weight excluding hydrogens is 803 g/mol. The third-order valence-corrected chi connectivity index (χ3v) is 13.1. The number of imide groups is 1. The van der Waals surface area contributed by atoms with Crippen molar-refractivity contribution in [2.24, 2.45) is 5.92 Å². The lowest BCUT2D eigenvalue weighted by Crippen LogP contribution is -2.49. The number of rotatable bonds is 12. The lowest BCUT2D eigenvalue weighted by molar-refractivity contribution is -0.136. The number of carbonyl (C=O) groups excluding carboxylic acids is 3. The molecule has 18 nitrogen and oxygen atoms in total. The van der Waals surface area contributed by atoms with Crippen molar-refractivity contribution < 1.29 is 19.1 Å². The Morgan fingerprint density at radius 3 is 2.52 bits per heavy atom. The Balaban J connectivity index is 0.814. The Morgan fingerprint density at radius 2 is 1.76 bits per heavy atom. The van der Waals surface area contributed by atoms with Crippen LogP contribution in [-0.2, 0) is 9.59 Å². The van der Waals surface area contributed by atoms with Gasteiger partial charge in [0.2, 0.25) is 11.9 Å². The smallest absolute Gasteiger partial charge is 0.275 e. The van der Waals surface area contributed by atoms with E-state index in [-0.39, 0.29) is 36.3 Å². The van der Waals surface area contributed by atoms with Crippen LogP contribution in [-0.4, -0.2) is 115 Å². The number of methoxy groups -OCH3 is 1. The van der Waals surface area contributed by atoms with Crippen molar-refractivity contribution in [3.8, 4) is 11.4 Å². The zero-order chi connectivity index (χ0) is 43.8. The van der Waals surface area contributed by atoms with E-state index in [9.17, 15) is 19.2 Å². The Kier molecular flexibility index (Phi) is 11.8. The number of aryl methyl sites for hydroxylation is 2. The second-order valence-electron chi connectivity index (χ2n) is 17.1. The van der Waals surface area contributed by atoms with Gasteiger partial charge in [0.15, 0.2) is 11.6 Å². The average molecular weight is 858 g/mol. The third kappa shape index (κ3) is 8.31. The molecule has 2 aromatic carbocycles. The number of aromatic nitrogens is 7. The van der Waals surface area contributed by atoms with Crippen LogP contribution in [0.3, 0.4) is 0 Å². The van der Waals surface area contributed by atoms with E-state index in [1.807, 2.05) is 49.2 Å². The molecule has 2 saturated heterocycles. The molecule has 0 radical (unpaired) electrons. The number of nitrogens with zero attached hydrogens (tertiary/aromatic N) is 10. The summed E-state index contributed by atoms with van der Waals surface area (Å²) >= 11 is 0. The van der Waals surface area contributed by atoms with Crippen LogP contribution in [0.25, 0.3) is 16.5 Å². The molecule has 18 heteroatoms. The summed E-state index contributed by atoms with van der Waals surface area (Å²) in [6, 6.07) is 10.2. The molecule has 3 N–H and O–H groups in total. The Morgan fingerprint density at radius 1 is 0.952 bits per heavy atom. The summed E-state index contributed by atoms with van der Waals surface area (Å²) in [6.45, 7) is 10.9. The van der Waals surface area contributed by atoms with Gasteiger partial charge in [-0.2, -0.15) is 10.1 Å². The number of hydrogen-bond acceptors (Lipinski definition) is 14. The van der Waals surface area contributed by atoms with Crippen molar-refractivity contribution >= 4 is 51.6 Å². The van der Waals surface area contributed by atoms with E-state index in [0.29, 0.717) is 65.0 Å². The van der Waals surface area contributed by atoms with Crippen LogP contribution in [0.5, 0.6) is 5.75 Å². The highest BCUT2D eigenvalue weighted by Gasteiger charge is 2.37. The SMILES string of the molecule is CC[C@@H]1c2nnc(C)n2-c2cnc(Nc3ccc(C(=O)N4CCN(CCNc5ccc6c(=O)n(C7CCC(=O)NC7=O)nc(C)c6c5)CC4)cc3OC)nc2N1CC1CCCCC1. The molecule has 2 atom stereocenters. The fourth-order valence-corrected chi connectivity index (χ4v) is 9.65. The van der Waals surface area contributed by atoms with Crippen LogP contribution in [0.1, 0.15) is 98.1 Å². The number of hydrogen-bond donors (Lipinski definition) is 3. The van der Waals surface area contributed by atoms with Crippen molar-refractivity contribution in [2.45, 2.75) is 84.2 Å².